The summed E-state index contributed by atoms with van der Waals surface area (Å²) in [6, 6.07) is 0. The van der Waals surface area contributed by atoms with E-state index in [4.69, 9.17) is 10.8 Å². The third-order valence-electron chi connectivity index (χ3n) is 1.41. The molecule has 0 saturated heterocycles. The van der Waals surface area contributed by atoms with E-state index in [1.54, 1.807) is 0 Å². The summed E-state index contributed by atoms with van der Waals surface area (Å²) in [6.07, 6.45) is -1.79. The van der Waals surface area contributed by atoms with Gasteiger partial charge in [-0.05, 0) is 0 Å². The van der Waals surface area contributed by atoms with Crippen LogP contribution in [0.4, 0.5) is 8.78 Å². The van der Waals surface area contributed by atoms with Crippen LogP contribution in [0.5, 0.6) is 0 Å². The van der Waals surface area contributed by atoms with Gasteiger partial charge in [0, 0.05) is 10.9 Å². The molecule has 0 aliphatic heterocycles. The van der Waals surface area contributed by atoms with Crippen molar-refractivity contribution in [2.45, 2.75) is 12.6 Å². The Labute approximate surface area is 70.5 Å². The van der Waals surface area contributed by atoms with Gasteiger partial charge in [-0.15, -0.1) is 0 Å². The fourth-order valence-electron chi connectivity index (χ4n) is 0.771. The highest BCUT2D eigenvalue weighted by atomic mass is 79.9. The Kier molecular flexibility index (Phi) is 2.17. The van der Waals surface area contributed by atoms with Crippen LogP contribution >= 0.6 is 15.9 Å². The van der Waals surface area contributed by atoms with Gasteiger partial charge in [0.1, 0.15) is 5.70 Å². The number of rotatable bonds is 0. The minimum absolute atomic E-state index is 0.0558. The average molecular weight is 226 g/mol. The maximum atomic E-state index is 12.7. The fraction of sp³-hybridized carbons (Fsp3) is 0.333. The minimum atomic E-state index is -1.59. The van der Waals surface area contributed by atoms with Gasteiger partial charge in [0.05, 0.1) is 0 Å². The van der Waals surface area contributed by atoms with Gasteiger partial charge in [-0.2, -0.15) is 0 Å². The van der Waals surface area contributed by atoms with E-state index in [0.29, 0.717) is 0 Å². The lowest BCUT2D eigenvalue weighted by Crippen LogP contribution is -2.17. The summed E-state index contributed by atoms with van der Waals surface area (Å²) in [6.45, 7) is 0. The van der Waals surface area contributed by atoms with Gasteiger partial charge in [-0.25, -0.2) is 8.78 Å². The molecule has 1 aliphatic carbocycles. The molecule has 62 valence electrons. The molecule has 0 aromatic carbocycles. The van der Waals surface area contributed by atoms with Crippen molar-refractivity contribution in [1.82, 2.24) is 0 Å². The van der Waals surface area contributed by atoms with Crippen LogP contribution in [0, 0.1) is 0 Å². The number of allylic oxidation sites excluding steroid dienone is 3. The van der Waals surface area contributed by atoms with Crippen LogP contribution in [-0.2, 0) is 0 Å². The summed E-state index contributed by atoms with van der Waals surface area (Å²) in [4.78, 5) is 0. The number of hydrogen-bond acceptors (Lipinski definition) is 2. The van der Waals surface area contributed by atoms with Gasteiger partial charge in [-0.1, -0.05) is 15.9 Å². The number of aliphatic hydroxyl groups is 1. The van der Waals surface area contributed by atoms with E-state index < -0.39 is 23.5 Å². The molecule has 0 aromatic heterocycles. The molecule has 0 bridgehead atoms. The van der Waals surface area contributed by atoms with Crippen LogP contribution < -0.4 is 5.73 Å². The van der Waals surface area contributed by atoms with Crippen LogP contribution in [-0.4, -0.2) is 11.3 Å². The number of nitrogens with two attached hydrogens (primary N) is 1. The van der Waals surface area contributed by atoms with E-state index in [-0.39, 0.29) is 10.9 Å². The second-order valence-corrected chi connectivity index (χ2v) is 3.15. The summed E-state index contributed by atoms with van der Waals surface area (Å²) in [7, 11) is 0. The molecule has 0 spiro atoms. The minimum Gasteiger partial charge on any atom is -0.507 e. The fourth-order valence-corrected chi connectivity index (χ4v) is 1.27. The van der Waals surface area contributed by atoms with E-state index in [1.165, 1.54) is 0 Å². The smallest absolute Gasteiger partial charge is 0.163 e. The first-order chi connectivity index (χ1) is 5.04. The summed E-state index contributed by atoms with van der Waals surface area (Å²) in [5.41, 5.74) is 4.51. The maximum Gasteiger partial charge on any atom is 0.163 e. The van der Waals surface area contributed by atoms with Gasteiger partial charge in [0.25, 0.3) is 0 Å². The van der Waals surface area contributed by atoms with E-state index in [2.05, 4.69) is 15.9 Å². The Bertz CT molecular complexity index is 249. The molecule has 5 heteroatoms. The normalized spacial score (nSPS) is 26.3. The van der Waals surface area contributed by atoms with Crippen molar-refractivity contribution >= 4 is 15.9 Å². The Hall–Kier alpha value is -0.580. The highest BCUT2D eigenvalue weighted by Gasteiger charge is 2.26. The number of halogens is 3. The Morgan fingerprint density at radius 3 is 2.73 bits per heavy atom. The predicted octanol–water partition coefficient (Wildman–Crippen LogP) is 2.03. The van der Waals surface area contributed by atoms with Gasteiger partial charge in [-0.3, -0.25) is 0 Å². The molecule has 11 heavy (non-hydrogen) atoms. The number of alkyl halides is 1. The molecule has 0 aromatic rings. The highest BCUT2D eigenvalue weighted by molar-refractivity contribution is 9.11. The standard InChI is InChI=1S/C6H6BrF2NO/c7-2-1-3(8)6(11)5(10)4(2)9/h3,11H,1,10H2. The van der Waals surface area contributed by atoms with Crippen LogP contribution in [0.15, 0.2) is 21.8 Å². The van der Waals surface area contributed by atoms with Crippen molar-refractivity contribution in [3.63, 3.8) is 0 Å². The molecule has 1 aliphatic rings. The first-order valence-electron chi connectivity index (χ1n) is 2.91. The third-order valence-corrected chi connectivity index (χ3v) is 2.08. The molecule has 3 N–H and O–H groups in total. The average Bonchev–Trinajstić information content (AvgIpc) is 1.97. The van der Waals surface area contributed by atoms with Crippen LogP contribution in [0.25, 0.3) is 0 Å². The molecule has 0 radical (unpaired) electrons. The van der Waals surface area contributed by atoms with Gasteiger partial charge >= 0.3 is 0 Å². The molecule has 0 amide bonds. The number of aliphatic hydroxyl groups excluding tert-OH is 1. The van der Waals surface area contributed by atoms with Gasteiger partial charge in [0.2, 0.25) is 0 Å². The largest absolute Gasteiger partial charge is 0.507 e. The molecule has 1 rings (SSSR count). The highest BCUT2D eigenvalue weighted by Crippen LogP contribution is 2.32. The van der Waals surface area contributed by atoms with Crippen molar-refractivity contribution in [2.24, 2.45) is 5.73 Å². The van der Waals surface area contributed by atoms with Crippen LogP contribution in [0.1, 0.15) is 6.42 Å². The zero-order valence-corrected chi connectivity index (χ0v) is 7.03. The summed E-state index contributed by atoms with van der Waals surface area (Å²) in [5, 5.41) is 8.82. The lowest BCUT2D eigenvalue weighted by molar-refractivity contribution is 0.249. The van der Waals surface area contributed by atoms with Crippen molar-refractivity contribution in [2.75, 3.05) is 0 Å². The zero-order chi connectivity index (χ0) is 8.59. The monoisotopic (exact) mass is 225 g/mol. The molecule has 1 atom stereocenters. The molecular formula is C6H6BrF2NO. The second kappa shape index (κ2) is 2.81. The molecule has 0 heterocycles. The summed E-state index contributed by atoms with van der Waals surface area (Å²) in [5.74, 6) is -1.50. The van der Waals surface area contributed by atoms with E-state index in [9.17, 15) is 8.78 Å². The number of hydrogen-bond donors (Lipinski definition) is 2. The Balaban J connectivity index is 3.07. The third kappa shape index (κ3) is 1.38. The Morgan fingerprint density at radius 1 is 1.64 bits per heavy atom. The lowest BCUT2D eigenvalue weighted by Gasteiger charge is -2.15. The maximum absolute atomic E-state index is 12.7. The zero-order valence-electron chi connectivity index (χ0n) is 5.44. The van der Waals surface area contributed by atoms with Crippen LogP contribution in [0.3, 0.4) is 0 Å². The molecular weight excluding hydrogens is 220 g/mol. The first kappa shape index (κ1) is 8.52. The van der Waals surface area contributed by atoms with E-state index >= 15 is 0 Å². The van der Waals surface area contributed by atoms with Crippen molar-refractivity contribution in [3.8, 4) is 0 Å². The SMILES string of the molecule is NC1=C(O)C(F)CC(Br)=C1F. The van der Waals surface area contributed by atoms with E-state index in [1.807, 2.05) is 0 Å². The predicted molar refractivity (Wildman–Crippen MR) is 40.4 cm³/mol. The quantitative estimate of drug-likeness (QED) is 0.663. The molecule has 0 saturated carbocycles. The van der Waals surface area contributed by atoms with Crippen molar-refractivity contribution in [3.05, 3.63) is 21.8 Å². The van der Waals surface area contributed by atoms with Gasteiger partial charge in [0.15, 0.2) is 17.8 Å². The van der Waals surface area contributed by atoms with Gasteiger partial charge < -0.3 is 10.8 Å². The summed E-state index contributed by atoms with van der Waals surface area (Å²) >= 11 is 2.80. The first-order valence-corrected chi connectivity index (χ1v) is 3.70. The van der Waals surface area contributed by atoms with Crippen molar-refractivity contribution in [1.29, 1.82) is 0 Å². The summed E-state index contributed by atoms with van der Waals surface area (Å²) < 4.78 is 25.4. The lowest BCUT2D eigenvalue weighted by atomic mass is 10.1. The van der Waals surface area contributed by atoms with Crippen LogP contribution in [0.2, 0.25) is 0 Å². The molecule has 1 unspecified atom stereocenters. The topological polar surface area (TPSA) is 46.2 Å². The Morgan fingerprint density at radius 2 is 2.18 bits per heavy atom. The second-order valence-electron chi connectivity index (χ2n) is 2.19. The van der Waals surface area contributed by atoms with E-state index in [0.717, 1.165) is 0 Å². The van der Waals surface area contributed by atoms with Crippen molar-refractivity contribution < 1.29 is 13.9 Å². The molecule has 0 fully saturated rings. The molecule has 2 nitrogen and oxygen atoms in total.